The zero-order valence-corrected chi connectivity index (χ0v) is 21.8. The number of fused-ring (bicyclic) bond motifs is 6. The number of carbonyl (C=O) groups excluding carboxylic acids is 3. The Labute approximate surface area is 218 Å². The van der Waals surface area contributed by atoms with Gasteiger partial charge in [0, 0.05) is 27.0 Å². The summed E-state index contributed by atoms with van der Waals surface area (Å²) in [6, 6.07) is 19.5. The van der Waals surface area contributed by atoms with Crippen LogP contribution in [0.1, 0.15) is 40.9 Å². The third-order valence-electron chi connectivity index (χ3n) is 7.96. The maximum atomic E-state index is 14.4. The van der Waals surface area contributed by atoms with Crippen LogP contribution in [0.4, 0.5) is 11.4 Å². The van der Waals surface area contributed by atoms with Crippen LogP contribution in [0.2, 0.25) is 0 Å². The Hall–Kier alpha value is -3.51. The number of halogens is 1. The average molecular weight is 541 g/mol. The molecule has 0 aromatic heterocycles. The standard InChI is InChI=1S/C30H25BrN2O3/c1-16-8-13-24-21(14-16)17(2)15-25-30(22-6-4-5-7-23(22)32-29(30)36)26(27(18(3)34)33(24)25)28(35)19-9-11-20(31)12-10-19/h4-15,25-27H,1-3H3,(H,32,36)/t25-,26+,27+,30+/m0/s1. The van der Waals surface area contributed by atoms with Gasteiger partial charge >= 0.3 is 0 Å². The molecule has 0 bridgehead atoms. The van der Waals surface area contributed by atoms with Crippen LogP contribution in [0.5, 0.6) is 0 Å². The molecular weight excluding hydrogens is 516 g/mol. The zero-order valence-electron chi connectivity index (χ0n) is 20.2. The second-order valence-corrected chi connectivity index (χ2v) is 10.9. The number of ketones is 2. The Morgan fingerprint density at radius 3 is 2.44 bits per heavy atom. The van der Waals surface area contributed by atoms with Gasteiger partial charge in [-0.1, -0.05) is 64.0 Å². The van der Waals surface area contributed by atoms with Crippen molar-refractivity contribution in [3.05, 3.63) is 99.5 Å². The molecule has 4 atom stereocenters. The maximum absolute atomic E-state index is 14.4. The van der Waals surface area contributed by atoms with Crippen LogP contribution in [-0.4, -0.2) is 29.6 Å². The van der Waals surface area contributed by atoms with Crippen LogP contribution < -0.4 is 10.2 Å². The second kappa shape index (κ2) is 8.00. The van der Waals surface area contributed by atoms with E-state index in [2.05, 4.69) is 33.4 Å². The Kier molecular flexibility index (Phi) is 5.09. The van der Waals surface area contributed by atoms with Crippen LogP contribution in [-0.2, 0) is 15.0 Å². The van der Waals surface area contributed by atoms with Crippen molar-refractivity contribution in [2.75, 3.05) is 10.2 Å². The summed E-state index contributed by atoms with van der Waals surface area (Å²) in [5.74, 6) is -1.48. The van der Waals surface area contributed by atoms with E-state index >= 15 is 0 Å². The van der Waals surface area contributed by atoms with E-state index in [4.69, 9.17) is 0 Å². The van der Waals surface area contributed by atoms with Crippen molar-refractivity contribution in [2.45, 2.75) is 38.3 Å². The minimum atomic E-state index is -1.25. The number of aryl methyl sites for hydroxylation is 1. The van der Waals surface area contributed by atoms with Gasteiger partial charge in [-0.05, 0) is 62.2 Å². The van der Waals surface area contributed by atoms with Gasteiger partial charge in [0.1, 0.15) is 5.41 Å². The van der Waals surface area contributed by atoms with Crippen molar-refractivity contribution in [1.29, 1.82) is 0 Å². The molecule has 1 fully saturated rings. The molecule has 0 unspecified atom stereocenters. The van der Waals surface area contributed by atoms with Gasteiger partial charge < -0.3 is 10.2 Å². The van der Waals surface area contributed by atoms with Crippen molar-refractivity contribution in [1.82, 2.24) is 0 Å². The van der Waals surface area contributed by atoms with E-state index in [0.29, 0.717) is 11.3 Å². The molecule has 6 rings (SSSR count). The molecule has 3 aliphatic rings. The molecule has 1 amide bonds. The summed E-state index contributed by atoms with van der Waals surface area (Å²) in [4.78, 5) is 44.0. The minimum Gasteiger partial charge on any atom is -0.352 e. The van der Waals surface area contributed by atoms with E-state index in [0.717, 1.165) is 32.4 Å². The Morgan fingerprint density at radius 2 is 1.72 bits per heavy atom. The lowest BCUT2D eigenvalue weighted by molar-refractivity contribution is -0.122. The zero-order chi connectivity index (χ0) is 25.4. The topological polar surface area (TPSA) is 66.5 Å². The number of nitrogens with zero attached hydrogens (tertiary/aromatic N) is 1. The average Bonchev–Trinajstić information content (AvgIpc) is 3.32. The van der Waals surface area contributed by atoms with Crippen LogP contribution in [0.3, 0.4) is 0 Å². The van der Waals surface area contributed by atoms with E-state index in [9.17, 15) is 14.4 Å². The highest BCUT2D eigenvalue weighted by atomic mass is 79.9. The van der Waals surface area contributed by atoms with Crippen molar-refractivity contribution in [3.63, 3.8) is 0 Å². The van der Waals surface area contributed by atoms with Gasteiger partial charge in [0.05, 0.1) is 18.0 Å². The number of anilines is 2. The Bertz CT molecular complexity index is 1490. The monoisotopic (exact) mass is 540 g/mol. The molecule has 3 heterocycles. The molecule has 6 heteroatoms. The van der Waals surface area contributed by atoms with E-state index in [1.54, 1.807) is 12.1 Å². The molecule has 1 N–H and O–H groups in total. The SMILES string of the molecule is CC(=O)[C@@H]1[C@H](C(=O)c2ccc(Br)cc2)[C@]2(C(=O)Nc3ccccc32)[C@@H]2C=C(C)c3cc(C)ccc3N12. The number of nitrogens with one attached hydrogen (secondary N) is 1. The fourth-order valence-corrected chi connectivity index (χ4v) is 6.76. The lowest BCUT2D eigenvalue weighted by Crippen LogP contribution is -2.51. The predicted octanol–water partition coefficient (Wildman–Crippen LogP) is 5.71. The summed E-state index contributed by atoms with van der Waals surface area (Å²) in [5.41, 5.74) is 4.75. The summed E-state index contributed by atoms with van der Waals surface area (Å²) < 4.78 is 0.854. The molecule has 0 aliphatic carbocycles. The lowest BCUT2D eigenvalue weighted by Gasteiger charge is -2.39. The molecule has 1 saturated heterocycles. The number of hydrogen-bond donors (Lipinski definition) is 1. The molecule has 3 aliphatic heterocycles. The number of amides is 1. The highest BCUT2D eigenvalue weighted by Crippen LogP contribution is 2.58. The number of carbonyl (C=O) groups is 3. The minimum absolute atomic E-state index is 0.135. The summed E-state index contributed by atoms with van der Waals surface area (Å²) in [5, 5.41) is 3.05. The van der Waals surface area contributed by atoms with E-state index in [1.807, 2.05) is 67.3 Å². The van der Waals surface area contributed by atoms with Crippen LogP contribution >= 0.6 is 15.9 Å². The third-order valence-corrected chi connectivity index (χ3v) is 8.49. The number of rotatable bonds is 3. The molecule has 3 aromatic rings. The Balaban J connectivity index is 1.68. The normalized spacial score (nSPS) is 25.7. The number of hydrogen-bond acceptors (Lipinski definition) is 4. The highest BCUT2D eigenvalue weighted by Gasteiger charge is 2.70. The van der Waals surface area contributed by atoms with Crippen LogP contribution in [0.25, 0.3) is 5.57 Å². The molecule has 0 saturated carbocycles. The first kappa shape index (κ1) is 22.9. The first-order valence-corrected chi connectivity index (χ1v) is 12.8. The van der Waals surface area contributed by atoms with Gasteiger partial charge in [-0.25, -0.2) is 0 Å². The van der Waals surface area contributed by atoms with E-state index < -0.39 is 23.4 Å². The fraction of sp³-hybridized carbons (Fsp3) is 0.233. The second-order valence-electron chi connectivity index (χ2n) is 10.00. The summed E-state index contributed by atoms with van der Waals surface area (Å²) >= 11 is 3.44. The molecule has 180 valence electrons. The van der Waals surface area contributed by atoms with Gasteiger partial charge in [0.15, 0.2) is 11.6 Å². The van der Waals surface area contributed by atoms with E-state index in [-0.39, 0.29) is 17.5 Å². The Morgan fingerprint density at radius 1 is 1.00 bits per heavy atom. The number of allylic oxidation sites excluding steroid dienone is 1. The molecule has 1 spiro atoms. The van der Waals surface area contributed by atoms with Crippen molar-refractivity contribution < 1.29 is 14.4 Å². The lowest BCUT2D eigenvalue weighted by atomic mass is 9.64. The summed E-state index contributed by atoms with van der Waals surface area (Å²) in [7, 11) is 0. The summed E-state index contributed by atoms with van der Waals surface area (Å²) in [6.07, 6.45) is 2.08. The van der Waals surface area contributed by atoms with Crippen molar-refractivity contribution in [2.24, 2.45) is 5.92 Å². The van der Waals surface area contributed by atoms with Crippen molar-refractivity contribution >= 4 is 50.4 Å². The highest BCUT2D eigenvalue weighted by molar-refractivity contribution is 9.10. The molecular formula is C30H25BrN2O3. The molecule has 36 heavy (non-hydrogen) atoms. The van der Waals surface area contributed by atoms with Gasteiger partial charge in [-0.15, -0.1) is 0 Å². The molecule has 5 nitrogen and oxygen atoms in total. The van der Waals surface area contributed by atoms with Gasteiger partial charge in [0.25, 0.3) is 0 Å². The molecule has 0 radical (unpaired) electrons. The smallest absolute Gasteiger partial charge is 0.238 e. The first-order valence-electron chi connectivity index (χ1n) is 12.0. The number of para-hydroxylation sites is 1. The van der Waals surface area contributed by atoms with Crippen molar-refractivity contribution in [3.8, 4) is 0 Å². The molecule has 3 aromatic carbocycles. The first-order chi connectivity index (χ1) is 17.2. The van der Waals surface area contributed by atoms with Gasteiger partial charge in [0.2, 0.25) is 5.91 Å². The van der Waals surface area contributed by atoms with Crippen LogP contribution in [0.15, 0.2) is 77.3 Å². The quantitative estimate of drug-likeness (QED) is 0.432. The largest absolute Gasteiger partial charge is 0.352 e. The number of benzene rings is 3. The van der Waals surface area contributed by atoms with Gasteiger partial charge in [-0.2, -0.15) is 0 Å². The fourth-order valence-electron chi connectivity index (χ4n) is 6.49. The van der Waals surface area contributed by atoms with Crippen LogP contribution in [0, 0.1) is 12.8 Å². The maximum Gasteiger partial charge on any atom is 0.238 e. The number of Topliss-reactive ketones (excluding diaryl/α,β-unsaturated/α-hetero) is 2. The predicted molar refractivity (Wildman–Crippen MR) is 144 cm³/mol. The van der Waals surface area contributed by atoms with E-state index in [1.165, 1.54) is 6.92 Å². The summed E-state index contributed by atoms with van der Waals surface area (Å²) in [6.45, 7) is 5.60. The third kappa shape index (κ3) is 2.97. The van der Waals surface area contributed by atoms with Gasteiger partial charge in [-0.3, -0.25) is 14.4 Å².